The lowest BCUT2D eigenvalue weighted by atomic mass is 10.0. The minimum absolute atomic E-state index is 0.511. The predicted molar refractivity (Wildman–Crippen MR) is 144 cm³/mol. The van der Waals surface area contributed by atoms with E-state index in [1.54, 1.807) is 7.11 Å². The van der Waals surface area contributed by atoms with Crippen LogP contribution in [0, 0.1) is 0 Å². The van der Waals surface area contributed by atoms with Crippen LogP contribution in [0.15, 0.2) is 72.8 Å². The minimum atomic E-state index is 0.511. The Morgan fingerprint density at radius 3 is 2.58 bits per heavy atom. The normalized spacial score (nSPS) is 14.1. The van der Waals surface area contributed by atoms with Gasteiger partial charge in [0.15, 0.2) is 5.82 Å². The molecule has 1 fully saturated rings. The highest BCUT2D eigenvalue weighted by molar-refractivity contribution is 5.95. The van der Waals surface area contributed by atoms with Gasteiger partial charge in [0, 0.05) is 30.7 Å². The number of likely N-dealkylation sites (tertiary alicyclic amines) is 1. The highest BCUT2D eigenvalue weighted by Gasteiger charge is 2.13. The van der Waals surface area contributed by atoms with E-state index >= 15 is 0 Å². The summed E-state index contributed by atoms with van der Waals surface area (Å²) in [6.45, 7) is 4.51. The second-order valence-corrected chi connectivity index (χ2v) is 9.36. The first-order valence-electron chi connectivity index (χ1n) is 12.6. The van der Waals surface area contributed by atoms with E-state index in [0.29, 0.717) is 13.2 Å². The van der Waals surface area contributed by atoms with Crippen LogP contribution < -0.4 is 4.74 Å². The molecule has 0 bridgehead atoms. The van der Waals surface area contributed by atoms with Crippen LogP contribution in [0.1, 0.15) is 18.4 Å². The number of benzene rings is 3. The highest BCUT2D eigenvalue weighted by atomic mass is 16.5. The van der Waals surface area contributed by atoms with Crippen LogP contribution in [0.5, 0.6) is 5.75 Å². The van der Waals surface area contributed by atoms with Gasteiger partial charge >= 0.3 is 0 Å². The molecule has 6 rings (SSSR count). The van der Waals surface area contributed by atoms with Crippen molar-refractivity contribution in [3.63, 3.8) is 0 Å². The fraction of sp³-hybridized carbons (Fsp3) is 0.267. The van der Waals surface area contributed by atoms with Crippen molar-refractivity contribution in [2.75, 3.05) is 33.4 Å². The van der Waals surface area contributed by atoms with Gasteiger partial charge in [0.25, 0.3) is 0 Å². The van der Waals surface area contributed by atoms with Crippen molar-refractivity contribution in [2.24, 2.45) is 0 Å². The molecule has 0 amide bonds. The molecular formula is C30H30N4O2. The van der Waals surface area contributed by atoms with Gasteiger partial charge in [0.2, 0.25) is 0 Å². The fourth-order valence-corrected chi connectivity index (χ4v) is 4.94. The largest absolute Gasteiger partial charge is 0.491 e. The summed E-state index contributed by atoms with van der Waals surface area (Å²) in [4.78, 5) is 15.8. The lowest BCUT2D eigenvalue weighted by molar-refractivity contribution is 0.146. The third-order valence-electron chi connectivity index (χ3n) is 6.84. The van der Waals surface area contributed by atoms with Crippen LogP contribution in [0.25, 0.3) is 44.6 Å². The molecule has 1 aliphatic heterocycles. The number of hydrogen-bond donors (Lipinski definition) is 1. The molecule has 36 heavy (non-hydrogen) atoms. The molecular weight excluding hydrogens is 448 g/mol. The van der Waals surface area contributed by atoms with Crippen molar-refractivity contribution >= 4 is 21.9 Å². The zero-order valence-corrected chi connectivity index (χ0v) is 20.5. The van der Waals surface area contributed by atoms with Gasteiger partial charge in [0.1, 0.15) is 18.1 Å². The maximum Gasteiger partial charge on any atom is 0.157 e. The third kappa shape index (κ3) is 4.70. The van der Waals surface area contributed by atoms with Gasteiger partial charge in [-0.15, -0.1) is 0 Å². The predicted octanol–water partition coefficient (Wildman–Crippen LogP) is 6.07. The lowest BCUT2D eigenvalue weighted by Gasteiger charge is -2.15. The van der Waals surface area contributed by atoms with Gasteiger partial charge in [-0.2, -0.15) is 0 Å². The summed E-state index contributed by atoms with van der Waals surface area (Å²) in [5, 5.41) is 1.11. The summed E-state index contributed by atoms with van der Waals surface area (Å²) >= 11 is 0. The van der Waals surface area contributed by atoms with Gasteiger partial charge < -0.3 is 14.5 Å². The Bertz CT molecular complexity index is 1490. The van der Waals surface area contributed by atoms with Gasteiger partial charge in [0.05, 0.1) is 23.2 Å². The molecule has 0 spiro atoms. The molecule has 6 heteroatoms. The molecule has 6 nitrogen and oxygen atoms in total. The van der Waals surface area contributed by atoms with Crippen molar-refractivity contribution in [2.45, 2.75) is 19.4 Å². The average molecular weight is 479 g/mol. The number of hydrogen-bond acceptors (Lipinski definition) is 5. The highest BCUT2D eigenvalue weighted by Crippen LogP contribution is 2.30. The fourth-order valence-electron chi connectivity index (χ4n) is 4.94. The number of pyridine rings is 1. The van der Waals surface area contributed by atoms with E-state index in [0.717, 1.165) is 51.3 Å². The molecule has 3 aromatic carbocycles. The topological polar surface area (TPSA) is 63.3 Å². The summed E-state index contributed by atoms with van der Waals surface area (Å²) in [5.41, 5.74) is 7.27. The lowest BCUT2D eigenvalue weighted by Crippen LogP contribution is -2.18. The summed E-state index contributed by atoms with van der Waals surface area (Å²) in [6, 6.07) is 25.3. The van der Waals surface area contributed by atoms with Gasteiger partial charge in [-0.3, -0.25) is 4.90 Å². The van der Waals surface area contributed by atoms with E-state index in [1.807, 2.05) is 24.3 Å². The Morgan fingerprint density at radius 1 is 0.889 bits per heavy atom. The van der Waals surface area contributed by atoms with Crippen molar-refractivity contribution in [1.82, 2.24) is 19.9 Å². The number of rotatable bonds is 8. The smallest absolute Gasteiger partial charge is 0.157 e. The van der Waals surface area contributed by atoms with E-state index in [2.05, 4.69) is 58.4 Å². The van der Waals surface area contributed by atoms with Crippen LogP contribution in [-0.2, 0) is 11.3 Å². The molecule has 1 N–H and O–H groups in total. The standard InChI is InChI=1S/C30H30N4O2/c1-35-17-18-36-24-12-14-26-28(19-24)33-30(32-26)27-13-11-23-5-4-6-25(29(23)31-27)22-9-7-21(8-10-22)20-34-15-2-3-16-34/h4-14,19H,2-3,15-18,20H2,1H3,(H,32,33). The Morgan fingerprint density at radius 2 is 1.75 bits per heavy atom. The zero-order chi connectivity index (χ0) is 24.3. The molecule has 2 aromatic heterocycles. The quantitative estimate of drug-likeness (QED) is 0.274. The third-order valence-corrected chi connectivity index (χ3v) is 6.84. The number of aromatic nitrogens is 3. The van der Waals surface area contributed by atoms with E-state index < -0.39 is 0 Å². The van der Waals surface area contributed by atoms with Crippen LogP contribution >= 0.6 is 0 Å². The number of nitrogens with zero attached hydrogens (tertiary/aromatic N) is 3. The van der Waals surface area contributed by atoms with Crippen molar-refractivity contribution in [3.8, 4) is 28.4 Å². The van der Waals surface area contributed by atoms with E-state index in [1.165, 1.54) is 37.1 Å². The van der Waals surface area contributed by atoms with E-state index in [-0.39, 0.29) is 0 Å². The summed E-state index contributed by atoms with van der Waals surface area (Å²) in [5.74, 6) is 1.54. The molecule has 3 heterocycles. The minimum Gasteiger partial charge on any atom is -0.491 e. The molecule has 5 aromatic rings. The Labute approximate surface area is 210 Å². The number of aromatic amines is 1. The van der Waals surface area contributed by atoms with Crippen molar-refractivity contribution in [3.05, 3.63) is 78.4 Å². The first kappa shape index (κ1) is 22.7. The van der Waals surface area contributed by atoms with E-state index in [9.17, 15) is 0 Å². The molecule has 0 aliphatic carbocycles. The summed E-state index contributed by atoms with van der Waals surface area (Å²) in [6.07, 6.45) is 2.63. The van der Waals surface area contributed by atoms with Crippen LogP contribution in [0.2, 0.25) is 0 Å². The van der Waals surface area contributed by atoms with Gasteiger partial charge in [-0.05, 0) is 55.3 Å². The second-order valence-electron chi connectivity index (χ2n) is 9.36. The number of imidazole rings is 1. The van der Waals surface area contributed by atoms with Gasteiger partial charge in [-0.25, -0.2) is 9.97 Å². The molecule has 182 valence electrons. The number of methoxy groups -OCH3 is 1. The van der Waals surface area contributed by atoms with Crippen molar-refractivity contribution in [1.29, 1.82) is 0 Å². The average Bonchev–Trinajstić information content (AvgIpc) is 3.58. The Kier molecular flexibility index (Phi) is 6.36. The number of para-hydroxylation sites is 1. The molecule has 0 radical (unpaired) electrons. The number of fused-ring (bicyclic) bond motifs is 2. The zero-order valence-electron chi connectivity index (χ0n) is 20.5. The first-order valence-corrected chi connectivity index (χ1v) is 12.6. The molecule has 0 unspecified atom stereocenters. The maximum absolute atomic E-state index is 5.75. The van der Waals surface area contributed by atoms with Crippen LogP contribution in [-0.4, -0.2) is 53.3 Å². The molecule has 1 aliphatic rings. The monoisotopic (exact) mass is 478 g/mol. The van der Waals surface area contributed by atoms with Gasteiger partial charge in [-0.1, -0.05) is 48.5 Å². The number of ether oxygens (including phenoxy) is 2. The Hall–Kier alpha value is -3.74. The molecule has 1 saturated heterocycles. The number of nitrogens with one attached hydrogen (secondary N) is 1. The maximum atomic E-state index is 5.75. The van der Waals surface area contributed by atoms with Crippen molar-refractivity contribution < 1.29 is 9.47 Å². The molecule has 0 saturated carbocycles. The second kappa shape index (κ2) is 10.1. The number of H-pyrrole nitrogens is 1. The van der Waals surface area contributed by atoms with E-state index in [4.69, 9.17) is 19.4 Å². The van der Waals surface area contributed by atoms with Crippen LogP contribution in [0.3, 0.4) is 0 Å². The SMILES string of the molecule is COCCOc1ccc2nc(-c3ccc4cccc(-c5ccc(CN6CCCC6)cc5)c4n3)[nH]c2c1. The summed E-state index contributed by atoms with van der Waals surface area (Å²) in [7, 11) is 1.67. The Balaban J connectivity index is 1.30. The summed E-state index contributed by atoms with van der Waals surface area (Å²) < 4.78 is 10.8. The molecule has 0 atom stereocenters. The first-order chi connectivity index (χ1) is 17.8. The van der Waals surface area contributed by atoms with Crippen LogP contribution in [0.4, 0.5) is 0 Å².